The van der Waals surface area contributed by atoms with Crippen LogP contribution in [0.25, 0.3) is 0 Å². The molecule has 1 aromatic rings. The molecule has 1 heterocycles. The van der Waals surface area contributed by atoms with Crippen molar-refractivity contribution >= 4 is 41.3 Å². The van der Waals surface area contributed by atoms with Crippen LogP contribution in [0.5, 0.6) is 0 Å². The van der Waals surface area contributed by atoms with Gasteiger partial charge in [0, 0.05) is 31.6 Å². The van der Waals surface area contributed by atoms with Crippen LogP contribution in [0.3, 0.4) is 0 Å². The molecule has 1 unspecified atom stereocenters. The van der Waals surface area contributed by atoms with E-state index in [-0.39, 0.29) is 24.0 Å². The second kappa shape index (κ2) is 16.7. The Hall–Kier alpha value is -0.420. The second-order valence-corrected chi connectivity index (χ2v) is 6.93. The van der Waals surface area contributed by atoms with E-state index in [2.05, 4.69) is 59.1 Å². The molecule has 0 saturated carbocycles. The topological polar surface area (TPSA) is 58.1 Å². The van der Waals surface area contributed by atoms with Crippen LogP contribution < -0.4 is 10.6 Å². The summed E-state index contributed by atoms with van der Waals surface area (Å²) >= 11 is 1.78. The molecule has 8 heteroatoms. The average molecular weight is 498 g/mol. The molecule has 0 aliphatic carbocycles. The average Bonchev–Trinajstić information content (AvgIpc) is 3.12. The lowest BCUT2D eigenvalue weighted by molar-refractivity contribution is 0.0487. The van der Waals surface area contributed by atoms with E-state index in [4.69, 9.17) is 9.47 Å². The number of halogens is 1. The number of ether oxygens (including phenoxy) is 2. The lowest BCUT2D eigenvalue weighted by Gasteiger charge is -2.24. The summed E-state index contributed by atoms with van der Waals surface area (Å²) in [6.07, 6.45) is 2.28. The summed E-state index contributed by atoms with van der Waals surface area (Å²) in [5.41, 5.74) is 0. The third-order valence-corrected chi connectivity index (χ3v) is 4.71. The molecule has 26 heavy (non-hydrogen) atoms. The number of thiophene rings is 1. The van der Waals surface area contributed by atoms with Crippen molar-refractivity contribution in [2.45, 2.75) is 25.8 Å². The van der Waals surface area contributed by atoms with Crippen LogP contribution in [0, 0.1) is 0 Å². The molecule has 0 amide bonds. The Kier molecular flexibility index (Phi) is 16.5. The maximum Gasteiger partial charge on any atom is 0.191 e. The van der Waals surface area contributed by atoms with Crippen molar-refractivity contribution in [3.05, 3.63) is 22.4 Å². The molecule has 0 fully saturated rings. The van der Waals surface area contributed by atoms with E-state index in [0.29, 0.717) is 25.9 Å². The smallest absolute Gasteiger partial charge is 0.191 e. The minimum Gasteiger partial charge on any atom is -0.379 e. The zero-order valence-corrected chi connectivity index (χ0v) is 19.6. The number of nitrogens with zero attached hydrogens (tertiary/aromatic N) is 2. The molecule has 2 N–H and O–H groups in total. The maximum absolute atomic E-state index is 5.55. The van der Waals surface area contributed by atoms with E-state index in [9.17, 15) is 0 Å². The van der Waals surface area contributed by atoms with Gasteiger partial charge in [0.2, 0.25) is 0 Å². The standard InChI is InChI=1S/C18H34N4O2S.HI/c1-5-6-10-23-12-13-24-11-9-20-18(19-2)21-15-16(22(3)4)17-8-7-14-25-17;/h7-8,14,16H,5-6,9-13,15H2,1-4H3,(H2,19,20,21);1H. The number of hydrogen-bond acceptors (Lipinski definition) is 5. The van der Waals surface area contributed by atoms with Gasteiger partial charge in [-0.15, -0.1) is 35.3 Å². The SMILES string of the molecule is CCCCOCCOCCNC(=NC)NCC(c1cccs1)N(C)C.I. The third-order valence-electron chi connectivity index (χ3n) is 3.73. The van der Waals surface area contributed by atoms with Crippen LogP contribution >= 0.6 is 35.3 Å². The van der Waals surface area contributed by atoms with Gasteiger partial charge in [0.15, 0.2) is 5.96 Å². The van der Waals surface area contributed by atoms with E-state index < -0.39 is 0 Å². The molecule has 0 radical (unpaired) electrons. The number of guanidine groups is 1. The van der Waals surface area contributed by atoms with Crippen molar-refractivity contribution in [2.24, 2.45) is 4.99 Å². The molecule has 0 aliphatic rings. The Morgan fingerprint density at radius 3 is 2.50 bits per heavy atom. The predicted octanol–water partition coefficient (Wildman–Crippen LogP) is 2.97. The van der Waals surface area contributed by atoms with Crippen LogP contribution in [0.4, 0.5) is 0 Å². The van der Waals surface area contributed by atoms with Crippen molar-refractivity contribution in [2.75, 3.05) is 60.7 Å². The number of hydrogen-bond donors (Lipinski definition) is 2. The monoisotopic (exact) mass is 498 g/mol. The Balaban J connectivity index is 0.00000625. The molecule has 152 valence electrons. The number of unbranched alkanes of at least 4 members (excludes halogenated alkanes) is 1. The summed E-state index contributed by atoms with van der Waals surface area (Å²) in [5.74, 6) is 0.797. The summed E-state index contributed by atoms with van der Waals surface area (Å²) in [7, 11) is 5.98. The largest absolute Gasteiger partial charge is 0.379 e. The van der Waals surface area contributed by atoms with Gasteiger partial charge in [-0.2, -0.15) is 0 Å². The highest BCUT2D eigenvalue weighted by Gasteiger charge is 2.15. The number of aliphatic imine (C=N–C) groups is 1. The van der Waals surface area contributed by atoms with Gasteiger partial charge in [-0.05, 0) is 32.0 Å². The summed E-state index contributed by atoms with van der Waals surface area (Å²) in [5, 5.41) is 8.78. The molecule has 1 atom stereocenters. The summed E-state index contributed by atoms with van der Waals surface area (Å²) in [6, 6.07) is 4.59. The van der Waals surface area contributed by atoms with Gasteiger partial charge in [-0.1, -0.05) is 19.4 Å². The predicted molar refractivity (Wildman–Crippen MR) is 122 cm³/mol. The molecule has 0 aromatic carbocycles. The first-order valence-corrected chi connectivity index (χ1v) is 9.86. The second-order valence-electron chi connectivity index (χ2n) is 5.95. The van der Waals surface area contributed by atoms with Crippen LogP contribution in [0.1, 0.15) is 30.7 Å². The highest BCUT2D eigenvalue weighted by molar-refractivity contribution is 14.0. The fraction of sp³-hybridized carbons (Fsp3) is 0.722. The first-order chi connectivity index (χ1) is 12.2. The van der Waals surface area contributed by atoms with Crippen LogP contribution in [-0.4, -0.2) is 71.5 Å². The summed E-state index contributed by atoms with van der Waals surface area (Å²) in [6.45, 7) is 6.45. The Morgan fingerprint density at radius 2 is 1.92 bits per heavy atom. The maximum atomic E-state index is 5.55. The molecule has 0 spiro atoms. The van der Waals surface area contributed by atoms with Gasteiger partial charge in [0.05, 0.1) is 25.9 Å². The molecule has 0 bridgehead atoms. The molecule has 1 aromatic heterocycles. The molecule has 1 rings (SSSR count). The van der Waals surface area contributed by atoms with E-state index in [1.54, 1.807) is 18.4 Å². The van der Waals surface area contributed by atoms with Crippen LogP contribution in [0.2, 0.25) is 0 Å². The van der Waals surface area contributed by atoms with E-state index >= 15 is 0 Å². The Morgan fingerprint density at radius 1 is 1.19 bits per heavy atom. The Bertz CT molecular complexity index is 458. The van der Waals surface area contributed by atoms with Crippen molar-refractivity contribution in [1.29, 1.82) is 0 Å². The molecule has 0 saturated heterocycles. The van der Waals surface area contributed by atoms with Crippen LogP contribution in [0.15, 0.2) is 22.5 Å². The first-order valence-electron chi connectivity index (χ1n) is 8.98. The molecular weight excluding hydrogens is 463 g/mol. The van der Waals surface area contributed by atoms with Gasteiger partial charge in [0.1, 0.15) is 0 Å². The molecule has 6 nitrogen and oxygen atoms in total. The number of rotatable bonds is 13. The molecular formula is C18H35IN4O2S. The van der Waals surface area contributed by atoms with Crippen molar-refractivity contribution in [3.63, 3.8) is 0 Å². The molecule has 0 aliphatic heterocycles. The highest BCUT2D eigenvalue weighted by atomic mass is 127. The first kappa shape index (κ1) is 25.6. The fourth-order valence-corrected chi connectivity index (χ4v) is 3.17. The van der Waals surface area contributed by atoms with Crippen LogP contribution in [-0.2, 0) is 9.47 Å². The van der Waals surface area contributed by atoms with Crippen molar-refractivity contribution < 1.29 is 9.47 Å². The van der Waals surface area contributed by atoms with E-state index in [1.807, 2.05) is 0 Å². The van der Waals surface area contributed by atoms with Crippen molar-refractivity contribution in [3.8, 4) is 0 Å². The minimum absolute atomic E-state index is 0. The zero-order chi connectivity index (χ0) is 18.3. The zero-order valence-electron chi connectivity index (χ0n) is 16.5. The van der Waals surface area contributed by atoms with Gasteiger partial charge < -0.3 is 25.0 Å². The normalized spacial score (nSPS) is 12.7. The van der Waals surface area contributed by atoms with E-state index in [1.165, 1.54) is 4.88 Å². The summed E-state index contributed by atoms with van der Waals surface area (Å²) in [4.78, 5) is 7.83. The van der Waals surface area contributed by atoms with Gasteiger partial charge in [-0.25, -0.2) is 0 Å². The quantitative estimate of drug-likeness (QED) is 0.190. The minimum atomic E-state index is 0. The third kappa shape index (κ3) is 11.3. The highest BCUT2D eigenvalue weighted by Crippen LogP contribution is 2.22. The fourth-order valence-electron chi connectivity index (χ4n) is 2.24. The summed E-state index contributed by atoms with van der Waals surface area (Å²) < 4.78 is 11.0. The van der Waals surface area contributed by atoms with Gasteiger partial charge in [0.25, 0.3) is 0 Å². The lowest BCUT2D eigenvalue weighted by atomic mass is 10.2. The van der Waals surface area contributed by atoms with E-state index in [0.717, 1.165) is 38.5 Å². The van der Waals surface area contributed by atoms with Gasteiger partial charge in [-0.3, -0.25) is 4.99 Å². The number of likely N-dealkylation sites (N-methyl/N-ethyl adjacent to an activating group) is 1. The Labute approximate surface area is 179 Å². The van der Waals surface area contributed by atoms with Gasteiger partial charge >= 0.3 is 0 Å². The van der Waals surface area contributed by atoms with Crippen molar-refractivity contribution in [1.82, 2.24) is 15.5 Å². The number of nitrogens with one attached hydrogen (secondary N) is 2. The lowest BCUT2D eigenvalue weighted by Crippen LogP contribution is -2.42.